The first-order valence-electron chi connectivity index (χ1n) is 7.78. The average molecular weight is 372 g/mol. The molecule has 8 heteroatoms. The fraction of sp³-hybridized carbons (Fsp3) is 0.111. The van der Waals surface area contributed by atoms with Gasteiger partial charge in [0, 0.05) is 11.3 Å². The van der Waals surface area contributed by atoms with Crippen LogP contribution >= 0.6 is 0 Å². The van der Waals surface area contributed by atoms with Crippen LogP contribution in [0.3, 0.4) is 0 Å². The monoisotopic (exact) mass is 372 g/mol. The zero-order valence-corrected chi connectivity index (χ0v) is 14.7. The Hall–Kier alpha value is -3.13. The van der Waals surface area contributed by atoms with E-state index in [1.807, 2.05) is 0 Å². The number of sulfonamides is 1. The molecule has 134 valence electrons. The first-order valence-corrected chi connectivity index (χ1v) is 9.27. The van der Waals surface area contributed by atoms with Crippen molar-refractivity contribution in [1.82, 2.24) is 4.98 Å². The van der Waals surface area contributed by atoms with Crippen molar-refractivity contribution in [2.75, 3.05) is 11.3 Å². The van der Waals surface area contributed by atoms with E-state index in [0.29, 0.717) is 17.0 Å². The molecule has 0 fully saturated rings. The van der Waals surface area contributed by atoms with Gasteiger partial charge >= 0.3 is 5.97 Å². The molecule has 1 aromatic heterocycles. The predicted molar refractivity (Wildman–Crippen MR) is 95.1 cm³/mol. The van der Waals surface area contributed by atoms with Gasteiger partial charge in [0.05, 0.1) is 23.3 Å². The first kappa shape index (κ1) is 17.7. The zero-order valence-electron chi connectivity index (χ0n) is 13.9. The van der Waals surface area contributed by atoms with E-state index in [-0.39, 0.29) is 11.5 Å². The van der Waals surface area contributed by atoms with Crippen molar-refractivity contribution in [3.8, 4) is 11.3 Å². The normalized spacial score (nSPS) is 11.1. The lowest BCUT2D eigenvalue weighted by molar-refractivity contribution is 0.0526. The van der Waals surface area contributed by atoms with E-state index < -0.39 is 16.0 Å². The van der Waals surface area contributed by atoms with Crippen molar-refractivity contribution in [3.05, 3.63) is 66.7 Å². The number of benzene rings is 2. The number of aromatic nitrogens is 1. The predicted octanol–water partition coefficient (Wildman–Crippen LogP) is 3.32. The van der Waals surface area contributed by atoms with E-state index >= 15 is 0 Å². The van der Waals surface area contributed by atoms with Crippen LogP contribution in [-0.4, -0.2) is 26.0 Å². The molecule has 1 heterocycles. The molecule has 0 aliphatic rings. The van der Waals surface area contributed by atoms with E-state index in [4.69, 9.17) is 9.15 Å². The second-order valence-electron chi connectivity index (χ2n) is 5.29. The van der Waals surface area contributed by atoms with Gasteiger partial charge in [0.25, 0.3) is 10.0 Å². The molecule has 0 bridgehead atoms. The van der Waals surface area contributed by atoms with Gasteiger partial charge < -0.3 is 9.15 Å². The standard InChI is InChI=1S/C18H16N2O5S/c1-2-24-18(21)14-5-9-16(10-6-14)26(22,23)20-15-7-3-13(4-8-15)17-11-19-12-25-17/h3-12,20H,2H2,1H3. The zero-order chi connectivity index (χ0) is 18.6. The lowest BCUT2D eigenvalue weighted by atomic mass is 10.2. The molecule has 1 N–H and O–H groups in total. The Morgan fingerprint density at radius 3 is 2.38 bits per heavy atom. The van der Waals surface area contributed by atoms with Crippen molar-refractivity contribution < 1.29 is 22.4 Å². The second kappa shape index (κ2) is 7.40. The summed E-state index contributed by atoms with van der Waals surface area (Å²) >= 11 is 0. The Kier molecular flexibility index (Phi) is 5.04. The number of oxazole rings is 1. The van der Waals surface area contributed by atoms with E-state index in [1.165, 1.54) is 30.7 Å². The highest BCUT2D eigenvalue weighted by Crippen LogP contribution is 2.22. The number of nitrogens with zero attached hydrogens (tertiary/aromatic N) is 1. The van der Waals surface area contributed by atoms with Crippen LogP contribution in [0.5, 0.6) is 0 Å². The Morgan fingerprint density at radius 1 is 1.12 bits per heavy atom. The Balaban J connectivity index is 1.75. The van der Waals surface area contributed by atoms with E-state index in [9.17, 15) is 13.2 Å². The number of rotatable bonds is 6. The molecule has 3 aromatic rings. The molecular formula is C18H16N2O5S. The molecule has 26 heavy (non-hydrogen) atoms. The molecule has 2 aromatic carbocycles. The minimum atomic E-state index is -3.77. The Morgan fingerprint density at radius 2 is 1.81 bits per heavy atom. The van der Waals surface area contributed by atoms with Gasteiger partial charge in [0.1, 0.15) is 0 Å². The summed E-state index contributed by atoms with van der Waals surface area (Å²) in [6.45, 7) is 1.96. The maximum absolute atomic E-state index is 12.5. The molecular weight excluding hydrogens is 356 g/mol. The van der Waals surface area contributed by atoms with Crippen LogP contribution in [0.2, 0.25) is 0 Å². The molecule has 0 amide bonds. The van der Waals surface area contributed by atoms with Crippen LogP contribution in [0.1, 0.15) is 17.3 Å². The lowest BCUT2D eigenvalue weighted by Crippen LogP contribution is -2.13. The van der Waals surface area contributed by atoms with Crippen LogP contribution in [0.25, 0.3) is 11.3 Å². The Bertz CT molecular complexity index is 979. The van der Waals surface area contributed by atoms with Gasteiger partial charge in [-0.15, -0.1) is 0 Å². The third kappa shape index (κ3) is 3.92. The summed E-state index contributed by atoms with van der Waals surface area (Å²) in [5, 5.41) is 0. The molecule has 0 radical (unpaired) electrons. The van der Waals surface area contributed by atoms with Gasteiger partial charge in [0.2, 0.25) is 0 Å². The number of ether oxygens (including phenoxy) is 1. The van der Waals surface area contributed by atoms with E-state index in [2.05, 4.69) is 9.71 Å². The molecule has 0 atom stereocenters. The van der Waals surface area contributed by atoms with Crippen LogP contribution in [0.4, 0.5) is 5.69 Å². The van der Waals surface area contributed by atoms with Crippen molar-refractivity contribution >= 4 is 21.7 Å². The van der Waals surface area contributed by atoms with Crippen molar-refractivity contribution in [1.29, 1.82) is 0 Å². The molecule has 0 saturated carbocycles. The smallest absolute Gasteiger partial charge is 0.338 e. The summed E-state index contributed by atoms with van der Waals surface area (Å²) in [4.78, 5) is 15.5. The number of carbonyl (C=O) groups is 1. The molecule has 0 aliphatic heterocycles. The van der Waals surface area contributed by atoms with Gasteiger partial charge in [-0.2, -0.15) is 0 Å². The number of carbonyl (C=O) groups excluding carboxylic acids is 1. The van der Waals surface area contributed by atoms with Crippen LogP contribution in [-0.2, 0) is 14.8 Å². The average Bonchev–Trinajstić information content (AvgIpc) is 3.17. The highest BCUT2D eigenvalue weighted by molar-refractivity contribution is 7.92. The molecule has 0 spiro atoms. The van der Waals surface area contributed by atoms with Crippen molar-refractivity contribution in [3.63, 3.8) is 0 Å². The number of anilines is 1. The number of nitrogens with one attached hydrogen (secondary N) is 1. The molecule has 0 saturated heterocycles. The van der Waals surface area contributed by atoms with Crippen molar-refractivity contribution in [2.45, 2.75) is 11.8 Å². The number of esters is 1. The number of hydrogen-bond acceptors (Lipinski definition) is 6. The molecule has 0 unspecified atom stereocenters. The second-order valence-corrected chi connectivity index (χ2v) is 6.98. The third-order valence-corrected chi connectivity index (χ3v) is 4.93. The third-order valence-electron chi connectivity index (χ3n) is 3.53. The molecule has 0 aliphatic carbocycles. The summed E-state index contributed by atoms with van der Waals surface area (Å²) in [5.41, 5.74) is 1.48. The fourth-order valence-electron chi connectivity index (χ4n) is 2.26. The summed E-state index contributed by atoms with van der Waals surface area (Å²) in [6, 6.07) is 12.3. The van der Waals surface area contributed by atoms with Crippen molar-refractivity contribution in [2.24, 2.45) is 0 Å². The molecule has 7 nitrogen and oxygen atoms in total. The topological polar surface area (TPSA) is 98.5 Å². The highest BCUT2D eigenvalue weighted by Gasteiger charge is 2.16. The summed E-state index contributed by atoms with van der Waals surface area (Å²) in [6.07, 6.45) is 2.90. The maximum atomic E-state index is 12.5. The van der Waals surface area contributed by atoms with Gasteiger partial charge in [-0.25, -0.2) is 18.2 Å². The summed E-state index contributed by atoms with van der Waals surface area (Å²) < 4.78 is 37.5. The van der Waals surface area contributed by atoms with E-state index in [1.54, 1.807) is 37.4 Å². The SMILES string of the molecule is CCOC(=O)c1ccc(S(=O)(=O)Nc2ccc(-c3cnco3)cc2)cc1. The van der Waals surface area contributed by atoms with E-state index in [0.717, 1.165) is 5.56 Å². The van der Waals surface area contributed by atoms with Crippen LogP contribution < -0.4 is 4.72 Å². The van der Waals surface area contributed by atoms with Crippen LogP contribution in [0.15, 0.2) is 70.4 Å². The maximum Gasteiger partial charge on any atom is 0.338 e. The highest BCUT2D eigenvalue weighted by atomic mass is 32.2. The molecule has 3 rings (SSSR count). The lowest BCUT2D eigenvalue weighted by Gasteiger charge is -2.09. The summed E-state index contributed by atoms with van der Waals surface area (Å²) in [5.74, 6) is 0.0985. The quantitative estimate of drug-likeness (QED) is 0.667. The Labute approximate surface area is 150 Å². The first-order chi connectivity index (χ1) is 12.5. The van der Waals surface area contributed by atoms with Crippen LogP contribution in [0, 0.1) is 0 Å². The van der Waals surface area contributed by atoms with Gasteiger partial charge in [-0.1, -0.05) is 0 Å². The summed E-state index contributed by atoms with van der Waals surface area (Å²) in [7, 11) is -3.77. The minimum absolute atomic E-state index is 0.0462. The largest absolute Gasteiger partial charge is 0.462 e. The number of hydrogen-bond donors (Lipinski definition) is 1. The van der Waals surface area contributed by atoms with Gasteiger partial charge in [0.15, 0.2) is 12.2 Å². The van der Waals surface area contributed by atoms with Gasteiger partial charge in [-0.3, -0.25) is 4.72 Å². The van der Waals surface area contributed by atoms with Gasteiger partial charge in [-0.05, 0) is 55.5 Å². The fourth-order valence-corrected chi connectivity index (χ4v) is 3.32. The minimum Gasteiger partial charge on any atom is -0.462 e.